The molecule has 0 saturated carbocycles. The second-order valence-corrected chi connectivity index (χ2v) is 3.04. The van der Waals surface area contributed by atoms with Gasteiger partial charge in [-0.15, -0.1) is 0 Å². The van der Waals surface area contributed by atoms with Crippen LogP contribution < -0.4 is 0 Å². The molecule has 1 aromatic rings. The SMILES string of the molecule is Cc1cc([C]=S)cc(C)c1C. The highest BCUT2D eigenvalue weighted by atomic mass is 32.1. The molecular weight excluding hydrogens is 152 g/mol. The molecule has 57 valence electrons. The molecule has 0 spiro atoms. The topological polar surface area (TPSA) is 0 Å². The van der Waals surface area contributed by atoms with Gasteiger partial charge in [-0.05, 0) is 43.0 Å². The fourth-order valence-corrected chi connectivity index (χ4v) is 1.21. The van der Waals surface area contributed by atoms with Gasteiger partial charge in [-0.2, -0.15) is 0 Å². The van der Waals surface area contributed by atoms with E-state index in [2.05, 4.69) is 38.3 Å². The van der Waals surface area contributed by atoms with Gasteiger partial charge in [0.1, 0.15) is 0 Å². The third kappa shape index (κ3) is 1.66. The lowest BCUT2D eigenvalue weighted by molar-refractivity contribution is 1.26. The maximum Gasteiger partial charge on any atom is 0.0636 e. The van der Waals surface area contributed by atoms with E-state index in [-0.39, 0.29) is 0 Å². The van der Waals surface area contributed by atoms with E-state index in [0.717, 1.165) is 5.56 Å². The fraction of sp³-hybridized carbons (Fsp3) is 0.300. The summed E-state index contributed by atoms with van der Waals surface area (Å²) in [5.41, 5.74) is 4.94. The van der Waals surface area contributed by atoms with E-state index in [1.165, 1.54) is 16.7 Å². The fourth-order valence-electron chi connectivity index (χ4n) is 1.09. The molecule has 1 rings (SSSR count). The molecule has 1 aromatic carbocycles. The van der Waals surface area contributed by atoms with Gasteiger partial charge in [0.25, 0.3) is 0 Å². The molecule has 1 heteroatoms. The molecule has 0 amide bonds. The molecule has 0 aliphatic carbocycles. The van der Waals surface area contributed by atoms with Crippen LogP contribution in [0, 0.1) is 20.8 Å². The van der Waals surface area contributed by atoms with Crippen LogP contribution in [0.1, 0.15) is 22.3 Å². The number of aryl methyl sites for hydroxylation is 2. The molecule has 0 aromatic heterocycles. The van der Waals surface area contributed by atoms with Gasteiger partial charge in [-0.3, -0.25) is 0 Å². The zero-order chi connectivity index (χ0) is 8.43. The van der Waals surface area contributed by atoms with Gasteiger partial charge in [0.15, 0.2) is 0 Å². The zero-order valence-electron chi connectivity index (χ0n) is 7.06. The molecule has 0 N–H and O–H groups in total. The summed E-state index contributed by atoms with van der Waals surface area (Å²) in [7, 11) is 0. The van der Waals surface area contributed by atoms with E-state index in [0.29, 0.717) is 0 Å². The Morgan fingerprint density at radius 3 is 1.91 bits per heavy atom. The van der Waals surface area contributed by atoms with Crippen molar-refractivity contribution in [2.45, 2.75) is 20.8 Å². The minimum atomic E-state index is 1.01. The Morgan fingerprint density at radius 1 is 1.09 bits per heavy atom. The van der Waals surface area contributed by atoms with Crippen molar-refractivity contribution in [3.05, 3.63) is 34.4 Å². The predicted octanol–water partition coefficient (Wildman–Crippen LogP) is 2.84. The van der Waals surface area contributed by atoms with Crippen molar-refractivity contribution >= 4 is 17.6 Å². The summed E-state index contributed by atoms with van der Waals surface area (Å²) in [5.74, 6) is 0. The smallest absolute Gasteiger partial charge is 0.0636 e. The molecular formula is C10H11S. The molecule has 0 unspecified atom stereocenters. The van der Waals surface area contributed by atoms with E-state index in [9.17, 15) is 0 Å². The van der Waals surface area contributed by atoms with Crippen LogP contribution in [-0.2, 0) is 0 Å². The van der Waals surface area contributed by atoms with Crippen LogP contribution in [-0.4, -0.2) is 5.37 Å². The molecule has 1 radical (unpaired) electrons. The lowest BCUT2D eigenvalue weighted by Gasteiger charge is -2.04. The van der Waals surface area contributed by atoms with Crippen molar-refractivity contribution in [3.8, 4) is 0 Å². The molecule has 0 aliphatic rings. The second-order valence-electron chi connectivity index (χ2n) is 2.84. The average molecular weight is 163 g/mol. The van der Waals surface area contributed by atoms with E-state index < -0.39 is 0 Å². The standard InChI is InChI=1S/C10H11S/c1-7-4-10(6-11)5-8(2)9(7)3/h4-5H,1-3H3. The maximum absolute atomic E-state index is 4.73. The Balaban J connectivity index is 3.31. The van der Waals surface area contributed by atoms with E-state index >= 15 is 0 Å². The van der Waals surface area contributed by atoms with Gasteiger partial charge in [-0.1, -0.05) is 24.4 Å². The molecule has 11 heavy (non-hydrogen) atoms. The Kier molecular flexibility index (Phi) is 2.40. The number of hydrogen-bond acceptors (Lipinski definition) is 1. The Hall–Kier alpha value is -0.690. The quantitative estimate of drug-likeness (QED) is 0.574. The summed E-state index contributed by atoms with van der Waals surface area (Å²) < 4.78 is 0. The molecule has 0 fully saturated rings. The Morgan fingerprint density at radius 2 is 1.55 bits per heavy atom. The van der Waals surface area contributed by atoms with Crippen molar-refractivity contribution in [2.75, 3.05) is 0 Å². The van der Waals surface area contributed by atoms with Crippen molar-refractivity contribution in [1.29, 1.82) is 0 Å². The second kappa shape index (κ2) is 3.14. The van der Waals surface area contributed by atoms with Crippen LogP contribution >= 0.6 is 12.2 Å². The monoisotopic (exact) mass is 163 g/mol. The summed E-state index contributed by atoms with van der Waals surface area (Å²) in [6.07, 6.45) is 0. The van der Waals surface area contributed by atoms with Crippen LogP contribution in [0.3, 0.4) is 0 Å². The lowest BCUT2D eigenvalue weighted by atomic mass is 10.0. The third-order valence-corrected chi connectivity index (χ3v) is 2.28. The van der Waals surface area contributed by atoms with E-state index in [1.54, 1.807) is 0 Å². The highest BCUT2D eigenvalue weighted by molar-refractivity contribution is 7.79. The third-order valence-electron chi connectivity index (χ3n) is 2.04. The minimum Gasteiger partial charge on any atom is -0.0778 e. The summed E-state index contributed by atoms with van der Waals surface area (Å²) in [4.78, 5) is 0. The number of thiocarbonyl (C=S) groups is 1. The maximum atomic E-state index is 4.73. The van der Waals surface area contributed by atoms with Gasteiger partial charge < -0.3 is 0 Å². The van der Waals surface area contributed by atoms with Gasteiger partial charge in [-0.25, -0.2) is 0 Å². The average Bonchev–Trinajstić information content (AvgIpc) is 1.99. The number of rotatable bonds is 1. The first-order valence-electron chi connectivity index (χ1n) is 3.61. The molecule has 0 aliphatic heterocycles. The first kappa shape index (κ1) is 8.41. The predicted molar refractivity (Wildman–Crippen MR) is 52.4 cm³/mol. The highest BCUT2D eigenvalue weighted by Crippen LogP contribution is 2.13. The van der Waals surface area contributed by atoms with Crippen LogP contribution in [0.5, 0.6) is 0 Å². The van der Waals surface area contributed by atoms with Gasteiger partial charge in [0.2, 0.25) is 0 Å². The Labute approximate surface area is 73.2 Å². The largest absolute Gasteiger partial charge is 0.0778 e. The summed E-state index contributed by atoms with van der Waals surface area (Å²) >= 11 is 4.73. The zero-order valence-corrected chi connectivity index (χ0v) is 7.88. The molecule has 0 atom stereocenters. The van der Waals surface area contributed by atoms with E-state index in [4.69, 9.17) is 12.2 Å². The first-order chi connectivity index (χ1) is 5.15. The van der Waals surface area contributed by atoms with Gasteiger partial charge >= 0.3 is 0 Å². The normalized spacial score (nSPS) is 9.73. The van der Waals surface area contributed by atoms with Gasteiger partial charge in [0.05, 0.1) is 5.37 Å². The molecule has 0 bridgehead atoms. The first-order valence-corrected chi connectivity index (χ1v) is 4.02. The van der Waals surface area contributed by atoms with E-state index in [1.807, 2.05) is 0 Å². The van der Waals surface area contributed by atoms with Crippen LogP contribution in [0.4, 0.5) is 0 Å². The Bertz CT molecular complexity index is 264. The number of benzene rings is 1. The summed E-state index contributed by atoms with van der Waals surface area (Å²) in [6, 6.07) is 4.13. The molecule has 0 heterocycles. The minimum absolute atomic E-state index is 1.01. The summed E-state index contributed by atoms with van der Waals surface area (Å²) in [5, 5.41) is 2.72. The van der Waals surface area contributed by atoms with Crippen LogP contribution in [0.15, 0.2) is 12.1 Å². The molecule has 0 nitrogen and oxygen atoms in total. The van der Waals surface area contributed by atoms with Crippen molar-refractivity contribution in [2.24, 2.45) is 0 Å². The molecule has 0 saturated heterocycles. The number of hydrogen-bond donors (Lipinski definition) is 0. The lowest BCUT2D eigenvalue weighted by Crippen LogP contribution is -1.89. The van der Waals surface area contributed by atoms with Crippen LogP contribution in [0.2, 0.25) is 0 Å². The van der Waals surface area contributed by atoms with Crippen LogP contribution in [0.25, 0.3) is 0 Å². The van der Waals surface area contributed by atoms with Crippen molar-refractivity contribution in [1.82, 2.24) is 0 Å². The van der Waals surface area contributed by atoms with Gasteiger partial charge in [0, 0.05) is 0 Å². The summed E-state index contributed by atoms with van der Waals surface area (Å²) in [6.45, 7) is 6.31. The highest BCUT2D eigenvalue weighted by Gasteiger charge is 1.97. The van der Waals surface area contributed by atoms with Crippen molar-refractivity contribution < 1.29 is 0 Å². The van der Waals surface area contributed by atoms with Crippen molar-refractivity contribution in [3.63, 3.8) is 0 Å².